The van der Waals surface area contributed by atoms with Gasteiger partial charge in [-0.3, -0.25) is 4.79 Å². The Morgan fingerprint density at radius 2 is 1.83 bits per heavy atom. The number of esters is 1. The monoisotopic (exact) mass is 519 g/mol. The molecule has 0 unspecified atom stereocenters. The molecule has 12 heteroatoms. The Kier molecular flexibility index (Phi) is 7.51. The number of anilines is 1. The summed E-state index contributed by atoms with van der Waals surface area (Å²) in [6.07, 6.45) is 3.44. The van der Waals surface area contributed by atoms with Crippen molar-refractivity contribution in [3.05, 3.63) is 40.3 Å². The first-order valence-corrected chi connectivity index (χ1v) is 13.7. The summed E-state index contributed by atoms with van der Waals surface area (Å²) in [4.78, 5) is 26.2. The van der Waals surface area contributed by atoms with Crippen molar-refractivity contribution in [2.45, 2.75) is 44.8 Å². The van der Waals surface area contributed by atoms with Gasteiger partial charge < -0.3 is 19.2 Å². The molecule has 3 aromatic rings. The highest BCUT2D eigenvalue weighted by molar-refractivity contribution is 7.91. The van der Waals surface area contributed by atoms with Gasteiger partial charge in [-0.15, -0.1) is 16.4 Å². The van der Waals surface area contributed by atoms with Gasteiger partial charge in [-0.1, -0.05) is 5.10 Å². The maximum atomic E-state index is 12.8. The highest BCUT2D eigenvalue weighted by Gasteiger charge is 2.30. The van der Waals surface area contributed by atoms with E-state index in [-0.39, 0.29) is 12.5 Å². The number of nitrogens with zero attached hydrogens (tertiary/aromatic N) is 2. The van der Waals surface area contributed by atoms with E-state index in [1.165, 1.54) is 11.3 Å². The van der Waals surface area contributed by atoms with Crippen LogP contribution in [0, 0.1) is 0 Å². The SMILES string of the molecule is CCOC(=O)c1c(NC(=O)CS(=O)(=O)c2nnc(-c3ccc(OCC)cc3)o2)sc2c1CCCC2. The normalized spacial score (nSPS) is 13.2. The van der Waals surface area contributed by atoms with Crippen molar-refractivity contribution in [1.82, 2.24) is 10.2 Å². The quantitative estimate of drug-likeness (QED) is 0.420. The van der Waals surface area contributed by atoms with E-state index in [4.69, 9.17) is 13.9 Å². The van der Waals surface area contributed by atoms with Gasteiger partial charge in [-0.2, -0.15) is 0 Å². The van der Waals surface area contributed by atoms with Crippen LogP contribution in [-0.2, 0) is 32.2 Å². The minimum absolute atomic E-state index is 0.00237. The molecule has 35 heavy (non-hydrogen) atoms. The summed E-state index contributed by atoms with van der Waals surface area (Å²) in [7, 11) is -4.22. The molecule has 0 saturated carbocycles. The second-order valence-electron chi connectivity index (χ2n) is 7.77. The molecule has 0 bridgehead atoms. The third kappa shape index (κ3) is 5.54. The largest absolute Gasteiger partial charge is 0.494 e. The van der Waals surface area contributed by atoms with E-state index >= 15 is 0 Å². The van der Waals surface area contributed by atoms with Crippen LogP contribution in [-0.4, -0.2) is 49.5 Å². The van der Waals surface area contributed by atoms with E-state index in [1.54, 1.807) is 31.2 Å². The first-order valence-electron chi connectivity index (χ1n) is 11.2. The lowest BCUT2D eigenvalue weighted by atomic mass is 9.95. The lowest BCUT2D eigenvalue weighted by Crippen LogP contribution is -2.24. The Morgan fingerprint density at radius 1 is 1.09 bits per heavy atom. The number of hydrogen-bond donors (Lipinski definition) is 1. The number of carbonyl (C=O) groups excluding carboxylic acids is 2. The standard InChI is InChI=1S/C23H25N3O7S2/c1-3-31-15-11-9-14(10-12-15)20-25-26-23(33-20)35(29,30)13-18(27)24-21-19(22(28)32-4-2)16-7-5-6-8-17(16)34-21/h9-12H,3-8,13H2,1-2H3,(H,24,27). The number of amides is 1. The van der Waals surface area contributed by atoms with Gasteiger partial charge in [0, 0.05) is 10.4 Å². The fourth-order valence-electron chi connectivity index (χ4n) is 3.78. The van der Waals surface area contributed by atoms with Crippen LogP contribution >= 0.6 is 11.3 Å². The molecule has 1 aliphatic rings. The lowest BCUT2D eigenvalue weighted by molar-refractivity contribution is -0.113. The van der Waals surface area contributed by atoms with Crippen LogP contribution in [0.4, 0.5) is 5.00 Å². The van der Waals surface area contributed by atoms with Gasteiger partial charge in [-0.25, -0.2) is 13.2 Å². The topological polar surface area (TPSA) is 138 Å². The number of aryl methyl sites for hydroxylation is 1. The highest BCUT2D eigenvalue weighted by Crippen LogP contribution is 2.38. The number of ether oxygens (including phenoxy) is 2. The Labute approximate surface area is 206 Å². The molecular weight excluding hydrogens is 494 g/mol. The molecule has 0 aliphatic heterocycles. The molecular formula is C23H25N3O7S2. The van der Waals surface area contributed by atoms with Crippen molar-refractivity contribution < 1.29 is 31.9 Å². The molecule has 0 fully saturated rings. The fraction of sp³-hybridized carbons (Fsp3) is 0.391. The first kappa shape index (κ1) is 24.9. The van der Waals surface area contributed by atoms with Gasteiger partial charge in [0.25, 0.3) is 0 Å². The number of benzene rings is 1. The summed E-state index contributed by atoms with van der Waals surface area (Å²) in [6, 6.07) is 6.73. The summed E-state index contributed by atoms with van der Waals surface area (Å²) in [6.45, 7) is 4.27. The Bertz CT molecular complexity index is 1330. The zero-order valence-electron chi connectivity index (χ0n) is 19.3. The molecule has 1 N–H and O–H groups in total. The average Bonchev–Trinajstić information content (AvgIpc) is 3.45. The number of fused-ring (bicyclic) bond motifs is 1. The molecule has 0 spiro atoms. The average molecular weight is 520 g/mol. The molecule has 1 aliphatic carbocycles. The van der Waals surface area contributed by atoms with E-state index in [0.717, 1.165) is 29.7 Å². The first-order chi connectivity index (χ1) is 16.8. The number of carbonyl (C=O) groups is 2. The van der Waals surface area contributed by atoms with Gasteiger partial charge >= 0.3 is 11.2 Å². The number of hydrogen-bond acceptors (Lipinski definition) is 10. The van der Waals surface area contributed by atoms with Crippen molar-refractivity contribution in [2.24, 2.45) is 0 Å². The summed E-state index contributed by atoms with van der Waals surface area (Å²) >= 11 is 1.28. The van der Waals surface area contributed by atoms with Gasteiger partial charge in [0.2, 0.25) is 21.6 Å². The minimum Gasteiger partial charge on any atom is -0.494 e. The third-order valence-electron chi connectivity index (χ3n) is 5.31. The molecule has 4 rings (SSSR count). The number of nitrogens with one attached hydrogen (secondary N) is 1. The van der Waals surface area contributed by atoms with Crippen LogP contribution in [0.15, 0.2) is 33.9 Å². The van der Waals surface area contributed by atoms with Crippen LogP contribution in [0.3, 0.4) is 0 Å². The molecule has 2 heterocycles. The van der Waals surface area contributed by atoms with Gasteiger partial charge in [0.15, 0.2) is 0 Å². The summed E-state index contributed by atoms with van der Waals surface area (Å²) < 4.78 is 41.4. The lowest BCUT2D eigenvalue weighted by Gasteiger charge is -2.12. The van der Waals surface area contributed by atoms with Crippen molar-refractivity contribution in [3.63, 3.8) is 0 Å². The number of thiophene rings is 1. The van der Waals surface area contributed by atoms with E-state index in [1.807, 2.05) is 6.92 Å². The molecule has 0 radical (unpaired) electrons. The van der Waals surface area contributed by atoms with Crippen LogP contribution in [0.2, 0.25) is 0 Å². The smallest absolute Gasteiger partial charge is 0.341 e. The second kappa shape index (κ2) is 10.6. The second-order valence-corrected chi connectivity index (χ2v) is 10.7. The number of rotatable bonds is 9. The maximum absolute atomic E-state index is 12.8. The third-order valence-corrected chi connectivity index (χ3v) is 7.86. The van der Waals surface area contributed by atoms with Crippen molar-refractivity contribution in [1.29, 1.82) is 0 Å². The predicted octanol–water partition coefficient (Wildman–Crippen LogP) is 3.66. The van der Waals surface area contributed by atoms with Gasteiger partial charge in [0.05, 0.1) is 18.8 Å². The van der Waals surface area contributed by atoms with Crippen molar-refractivity contribution >= 4 is 38.1 Å². The van der Waals surface area contributed by atoms with Crippen LogP contribution in [0.25, 0.3) is 11.5 Å². The van der Waals surface area contributed by atoms with Crippen LogP contribution < -0.4 is 10.1 Å². The molecule has 0 atom stereocenters. The van der Waals surface area contributed by atoms with Crippen LogP contribution in [0.1, 0.15) is 47.5 Å². The molecule has 10 nitrogen and oxygen atoms in total. The number of sulfone groups is 1. The molecule has 1 amide bonds. The zero-order chi connectivity index (χ0) is 25.0. The van der Waals surface area contributed by atoms with E-state index < -0.39 is 32.7 Å². The number of aromatic nitrogens is 2. The fourth-order valence-corrected chi connectivity index (χ4v) is 5.99. The summed E-state index contributed by atoms with van der Waals surface area (Å²) in [5.74, 6) is -1.60. The van der Waals surface area contributed by atoms with Gasteiger partial charge in [-0.05, 0) is 69.4 Å². The summed E-state index contributed by atoms with van der Waals surface area (Å²) in [5, 5.41) is 9.64. The van der Waals surface area contributed by atoms with Crippen LogP contribution in [0.5, 0.6) is 5.75 Å². The van der Waals surface area contributed by atoms with E-state index in [0.29, 0.717) is 34.9 Å². The predicted molar refractivity (Wildman–Crippen MR) is 129 cm³/mol. The minimum atomic E-state index is -4.22. The van der Waals surface area contributed by atoms with E-state index in [9.17, 15) is 18.0 Å². The maximum Gasteiger partial charge on any atom is 0.341 e. The zero-order valence-corrected chi connectivity index (χ0v) is 21.0. The molecule has 0 saturated heterocycles. The summed E-state index contributed by atoms with van der Waals surface area (Å²) in [5.41, 5.74) is 1.69. The van der Waals surface area contributed by atoms with E-state index in [2.05, 4.69) is 15.5 Å². The Balaban J connectivity index is 1.50. The van der Waals surface area contributed by atoms with Gasteiger partial charge in [0.1, 0.15) is 16.5 Å². The Hall–Kier alpha value is -3.25. The molecule has 1 aromatic carbocycles. The van der Waals surface area contributed by atoms with Crippen molar-refractivity contribution in [2.75, 3.05) is 24.3 Å². The van der Waals surface area contributed by atoms with Crippen molar-refractivity contribution in [3.8, 4) is 17.2 Å². The highest BCUT2D eigenvalue weighted by atomic mass is 32.2. The molecule has 186 valence electrons. The molecule has 2 aromatic heterocycles. The Morgan fingerprint density at radius 3 is 2.54 bits per heavy atom.